The van der Waals surface area contributed by atoms with Gasteiger partial charge in [-0.25, -0.2) is 4.79 Å². The Morgan fingerprint density at radius 1 is 1.09 bits per heavy atom. The summed E-state index contributed by atoms with van der Waals surface area (Å²) in [5, 5.41) is 14.1. The fourth-order valence-corrected chi connectivity index (χ4v) is 2.84. The third-order valence-electron chi connectivity index (χ3n) is 3.99. The van der Waals surface area contributed by atoms with E-state index in [2.05, 4.69) is 10.6 Å². The minimum absolute atomic E-state index is 0.127. The molecule has 1 saturated carbocycles. The van der Waals surface area contributed by atoms with Crippen molar-refractivity contribution in [3.8, 4) is 0 Å². The Kier molecular flexibility index (Phi) is 7.91. The molecule has 22 heavy (non-hydrogen) atoms. The lowest BCUT2D eigenvalue weighted by Gasteiger charge is -2.21. The SMILES string of the molecule is CC(C)C[C@@H](NC(=O)CNC(=O)CC1CCCCC1)C(=O)O. The first kappa shape index (κ1) is 18.5. The summed E-state index contributed by atoms with van der Waals surface area (Å²) in [6.45, 7) is 3.63. The smallest absolute Gasteiger partial charge is 0.326 e. The summed E-state index contributed by atoms with van der Waals surface area (Å²) in [4.78, 5) is 34.6. The lowest BCUT2D eigenvalue weighted by molar-refractivity contribution is -0.142. The standard InChI is InChI=1S/C16H28N2O4/c1-11(2)8-13(16(21)22)18-15(20)10-17-14(19)9-12-6-4-3-5-7-12/h11-13H,3-10H2,1-2H3,(H,17,19)(H,18,20)(H,21,22)/t13-/m1/s1. The molecule has 1 aliphatic rings. The highest BCUT2D eigenvalue weighted by Gasteiger charge is 2.22. The summed E-state index contributed by atoms with van der Waals surface area (Å²) in [5.41, 5.74) is 0. The van der Waals surface area contributed by atoms with Crippen molar-refractivity contribution in [1.82, 2.24) is 10.6 Å². The van der Waals surface area contributed by atoms with E-state index in [1.165, 1.54) is 19.3 Å². The van der Waals surface area contributed by atoms with E-state index in [1.54, 1.807) is 0 Å². The van der Waals surface area contributed by atoms with Crippen LogP contribution in [0.5, 0.6) is 0 Å². The minimum atomic E-state index is -1.05. The second-order valence-electron chi connectivity index (χ2n) is 6.57. The number of hydrogen-bond donors (Lipinski definition) is 3. The predicted molar refractivity (Wildman–Crippen MR) is 83.2 cm³/mol. The topological polar surface area (TPSA) is 95.5 Å². The molecule has 0 saturated heterocycles. The molecule has 0 aromatic heterocycles. The number of nitrogens with one attached hydrogen (secondary N) is 2. The molecule has 6 nitrogen and oxygen atoms in total. The fraction of sp³-hybridized carbons (Fsp3) is 0.812. The van der Waals surface area contributed by atoms with E-state index in [-0.39, 0.29) is 18.4 Å². The number of amides is 2. The van der Waals surface area contributed by atoms with Gasteiger partial charge in [0, 0.05) is 6.42 Å². The van der Waals surface area contributed by atoms with Gasteiger partial charge >= 0.3 is 5.97 Å². The summed E-state index contributed by atoms with van der Waals surface area (Å²) in [6, 6.07) is -0.900. The summed E-state index contributed by atoms with van der Waals surface area (Å²) in [6.07, 6.45) is 6.58. The van der Waals surface area contributed by atoms with Gasteiger partial charge in [0.25, 0.3) is 0 Å². The summed E-state index contributed by atoms with van der Waals surface area (Å²) >= 11 is 0. The molecule has 1 rings (SSSR count). The molecule has 1 aliphatic carbocycles. The molecule has 2 amide bonds. The molecule has 1 fully saturated rings. The number of aliphatic carboxylic acids is 1. The van der Waals surface area contributed by atoms with Gasteiger partial charge in [0.2, 0.25) is 11.8 Å². The number of carboxylic acids is 1. The van der Waals surface area contributed by atoms with Gasteiger partial charge in [-0.2, -0.15) is 0 Å². The molecule has 126 valence electrons. The van der Waals surface area contributed by atoms with Crippen molar-refractivity contribution in [3.63, 3.8) is 0 Å². The maximum absolute atomic E-state index is 11.8. The number of rotatable bonds is 8. The van der Waals surface area contributed by atoms with Crippen LogP contribution in [0.15, 0.2) is 0 Å². The molecule has 0 aromatic carbocycles. The molecule has 0 spiro atoms. The van der Waals surface area contributed by atoms with Crippen molar-refractivity contribution in [1.29, 1.82) is 0 Å². The van der Waals surface area contributed by atoms with Gasteiger partial charge in [-0.1, -0.05) is 33.1 Å². The molecule has 0 aliphatic heterocycles. The van der Waals surface area contributed by atoms with Crippen molar-refractivity contribution < 1.29 is 19.5 Å². The van der Waals surface area contributed by atoms with E-state index in [0.29, 0.717) is 18.8 Å². The van der Waals surface area contributed by atoms with Crippen molar-refractivity contribution in [2.75, 3.05) is 6.54 Å². The van der Waals surface area contributed by atoms with Gasteiger partial charge in [0.15, 0.2) is 0 Å². The molecule has 0 heterocycles. The quantitative estimate of drug-likeness (QED) is 0.635. The van der Waals surface area contributed by atoms with Gasteiger partial charge in [0.1, 0.15) is 6.04 Å². The largest absolute Gasteiger partial charge is 0.480 e. The monoisotopic (exact) mass is 312 g/mol. The molecule has 0 unspecified atom stereocenters. The maximum atomic E-state index is 11.8. The third-order valence-corrected chi connectivity index (χ3v) is 3.99. The van der Waals surface area contributed by atoms with E-state index in [0.717, 1.165) is 12.8 Å². The van der Waals surface area contributed by atoms with Crippen LogP contribution < -0.4 is 10.6 Å². The molecular formula is C16H28N2O4. The van der Waals surface area contributed by atoms with Crippen LogP contribution >= 0.6 is 0 Å². The highest BCUT2D eigenvalue weighted by atomic mass is 16.4. The summed E-state index contributed by atoms with van der Waals surface area (Å²) in [5.74, 6) is -1.04. The maximum Gasteiger partial charge on any atom is 0.326 e. The van der Waals surface area contributed by atoms with Crippen LogP contribution in [0.1, 0.15) is 58.8 Å². The Bertz CT molecular complexity index is 390. The van der Waals surface area contributed by atoms with Crippen molar-refractivity contribution in [2.24, 2.45) is 11.8 Å². The Labute approximate surface area is 132 Å². The number of carbonyl (C=O) groups is 3. The summed E-state index contributed by atoms with van der Waals surface area (Å²) in [7, 11) is 0. The van der Waals surface area contributed by atoms with Gasteiger partial charge < -0.3 is 15.7 Å². The van der Waals surface area contributed by atoms with E-state index < -0.39 is 17.9 Å². The highest BCUT2D eigenvalue weighted by Crippen LogP contribution is 2.25. The minimum Gasteiger partial charge on any atom is -0.480 e. The van der Waals surface area contributed by atoms with Crippen molar-refractivity contribution in [2.45, 2.75) is 64.8 Å². The van der Waals surface area contributed by atoms with Gasteiger partial charge in [-0.15, -0.1) is 0 Å². The van der Waals surface area contributed by atoms with Gasteiger partial charge in [0.05, 0.1) is 6.54 Å². The Morgan fingerprint density at radius 3 is 2.27 bits per heavy atom. The lowest BCUT2D eigenvalue weighted by Crippen LogP contribution is -2.46. The van der Waals surface area contributed by atoms with Crippen LogP contribution in [0.4, 0.5) is 0 Å². The number of hydrogen-bond acceptors (Lipinski definition) is 3. The van der Waals surface area contributed by atoms with E-state index >= 15 is 0 Å². The van der Waals surface area contributed by atoms with E-state index in [4.69, 9.17) is 5.11 Å². The van der Waals surface area contributed by atoms with E-state index in [9.17, 15) is 14.4 Å². The second-order valence-corrected chi connectivity index (χ2v) is 6.57. The molecule has 0 aromatic rings. The van der Waals surface area contributed by atoms with Crippen molar-refractivity contribution >= 4 is 17.8 Å². The number of carboxylic acid groups (broad SMARTS) is 1. The molecule has 1 atom stereocenters. The Morgan fingerprint density at radius 2 is 1.73 bits per heavy atom. The molecular weight excluding hydrogens is 284 g/mol. The van der Waals surface area contributed by atoms with Crippen LogP contribution in [0, 0.1) is 11.8 Å². The Balaban J connectivity index is 2.28. The average Bonchev–Trinajstić information content (AvgIpc) is 2.45. The zero-order valence-corrected chi connectivity index (χ0v) is 13.6. The van der Waals surface area contributed by atoms with Crippen LogP contribution in [0.2, 0.25) is 0 Å². The molecule has 3 N–H and O–H groups in total. The first-order chi connectivity index (χ1) is 10.4. The van der Waals surface area contributed by atoms with Crippen LogP contribution in [0.25, 0.3) is 0 Å². The predicted octanol–water partition coefficient (Wildman–Crippen LogP) is 1.69. The third kappa shape index (κ3) is 7.43. The second kappa shape index (κ2) is 9.43. The normalized spacial score (nSPS) is 17.0. The summed E-state index contributed by atoms with van der Waals surface area (Å²) < 4.78 is 0. The van der Waals surface area contributed by atoms with Crippen LogP contribution in [-0.2, 0) is 14.4 Å². The van der Waals surface area contributed by atoms with Crippen LogP contribution in [-0.4, -0.2) is 35.5 Å². The highest BCUT2D eigenvalue weighted by molar-refractivity contribution is 5.87. The first-order valence-electron chi connectivity index (χ1n) is 8.17. The fourth-order valence-electron chi connectivity index (χ4n) is 2.84. The zero-order chi connectivity index (χ0) is 16.5. The average molecular weight is 312 g/mol. The van der Waals surface area contributed by atoms with Crippen molar-refractivity contribution in [3.05, 3.63) is 0 Å². The van der Waals surface area contributed by atoms with E-state index in [1.807, 2.05) is 13.8 Å². The zero-order valence-electron chi connectivity index (χ0n) is 13.6. The van der Waals surface area contributed by atoms with Gasteiger partial charge in [-0.3, -0.25) is 9.59 Å². The number of carbonyl (C=O) groups excluding carboxylic acids is 2. The lowest BCUT2D eigenvalue weighted by atomic mass is 9.87. The molecule has 6 heteroatoms. The van der Waals surface area contributed by atoms with Gasteiger partial charge in [-0.05, 0) is 31.1 Å². The Hall–Kier alpha value is -1.59. The molecule has 0 radical (unpaired) electrons. The molecule has 0 bridgehead atoms. The first-order valence-corrected chi connectivity index (χ1v) is 8.17. The van der Waals surface area contributed by atoms with Crippen LogP contribution in [0.3, 0.4) is 0 Å².